The number of alkyl halides is 6. The normalized spacial score (nSPS) is 11.8. The van der Waals surface area contributed by atoms with Gasteiger partial charge in [-0.2, -0.15) is 26.3 Å². The largest absolute Gasteiger partial charge is 0.464 e. The van der Waals surface area contributed by atoms with E-state index in [4.69, 9.17) is 4.42 Å². The van der Waals surface area contributed by atoms with E-state index in [9.17, 15) is 35.9 Å². The fraction of sp³-hybridized carbons (Fsp3) is 0.259. The summed E-state index contributed by atoms with van der Waals surface area (Å²) in [5, 5.41) is 0. The number of amides is 2. The van der Waals surface area contributed by atoms with Gasteiger partial charge in [-0.25, -0.2) is 0 Å². The molecule has 11 heteroatoms. The predicted octanol–water partition coefficient (Wildman–Crippen LogP) is 6.48. The van der Waals surface area contributed by atoms with Crippen molar-refractivity contribution in [1.29, 1.82) is 0 Å². The van der Waals surface area contributed by atoms with Crippen LogP contribution >= 0.6 is 0 Å². The lowest BCUT2D eigenvalue weighted by Crippen LogP contribution is -2.42. The third-order valence-corrected chi connectivity index (χ3v) is 5.51. The molecule has 0 bridgehead atoms. The molecule has 2 amide bonds. The Morgan fingerprint density at radius 1 is 0.868 bits per heavy atom. The molecular formula is C27H24F6N2O3. The van der Waals surface area contributed by atoms with Gasteiger partial charge < -0.3 is 14.2 Å². The summed E-state index contributed by atoms with van der Waals surface area (Å²) in [5.74, 6) is -0.703. The zero-order valence-corrected chi connectivity index (χ0v) is 20.3. The van der Waals surface area contributed by atoms with E-state index in [0.717, 1.165) is 10.5 Å². The zero-order chi connectivity index (χ0) is 28.1. The molecule has 0 aliphatic heterocycles. The van der Waals surface area contributed by atoms with Crippen molar-refractivity contribution in [3.05, 3.63) is 107 Å². The minimum Gasteiger partial charge on any atom is -0.464 e. The highest BCUT2D eigenvalue weighted by molar-refractivity contribution is 5.97. The molecule has 0 saturated carbocycles. The first kappa shape index (κ1) is 28.5. The molecule has 0 unspecified atom stereocenters. The van der Waals surface area contributed by atoms with Crippen molar-refractivity contribution < 1.29 is 40.3 Å². The van der Waals surface area contributed by atoms with Crippen molar-refractivity contribution in [2.75, 3.05) is 13.1 Å². The van der Waals surface area contributed by atoms with Gasteiger partial charge in [0.05, 0.1) is 17.7 Å². The smallest absolute Gasteiger partial charge is 0.416 e. The summed E-state index contributed by atoms with van der Waals surface area (Å²) < 4.78 is 85.4. The van der Waals surface area contributed by atoms with Gasteiger partial charge in [-0.3, -0.25) is 9.59 Å². The topological polar surface area (TPSA) is 53.8 Å². The second kappa shape index (κ2) is 11.6. The lowest BCUT2D eigenvalue weighted by Gasteiger charge is -2.27. The van der Waals surface area contributed by atoms with Gasteiger partial charge in [-0.05, 0) is 42.8 Å². The molecule has 0 radical (unpaired) electrons. The Morgan fingerprint density at radius 2 is 1.47 bits per heavy atom. The quantitative estimate of drug-likeness (QED) is 0.231. The number of rotatable bonds is 9. The number of hydrogen-bond acceptors (Lipinski definition) is 3. The van der Waals surface area contributed by atoms with Crippen molar-refractivity contribution in [3.63, 3.8) is 0 Å². The van der Waals surface area contributed by atoms with Crippen molar-refractivity contribution >= 4 is 11.8 Å². The first-order chi connectivity index (χ1) is 17.8. The van der Waals surface area contributed by atoms with Crippen LogP contribution < -0.4 is 0 Å². The molecule has 0 aliphatic rings. The number of hydrogen-bond donors (Lipinski definition) is 0. The molecule has 0 fully saturated rings. The molecule has 5 nitrogen and oxygen atoms in total. The average molecular weight is 538 g/mol. The van der Waals surface area contributed by atoms with Crippen LogP contribution in [0.2, 0.25) is 0 Å². The Kier molecular flexibility index (Phi) is 8.70. The van der Waals surface area contributed by atoms with Crippen molar-refractivity contribution in [1.82, 2.24) is 9.80 Å². The van der Waals surface area contributed by atoms with Gasteiger partial charge in [0.2, 0.25) is 5.91 Å². The van der Waals surface area contributed by atoms with E-state index in [1.165, 1.54) is 11.0 Å². The molecule has 1 aromatic heterocycles. The Bertz CT molecular complexity index is 1250. The van der Waals surface area contributed by atoms with Crippen LogP contribution in [0.15, 0.2) is 77.7 Å². The summed E-state index contributed by atoms with van der Waals surface area (Å²) in [5.41, 5.74) is -3.34. The first-order valence-electron chi connectivity index (χ1n) is 11.3. The highest BCUT2D eigenvalue weighted by atomic mass is 19.4. The Morgan fingerprint density at radius 3 is 1.97 bits per heavy atom. The number of furan rings is 1. The SMILES string of the molecule is C=CCN(CC(=O)N(Cc1ccccc1)Cc1ccc(C)o1)C(=O)c1cc(C(F)(F)F)cc(C(F)(F)F)c1. The van der Waals surface area contributed by atoms with Gasteiger partial charge in [-0.15, -0.1) is 6.58 Å². The van der Waals surface area contributed by atoms with Crippen molar-refractivity contribution in [3.8, 4) is 0 Å². The second-order valence-electron chi connectivity index (χ2n) is 8.52. The first-order valence-corrected chi connectivity index (χ1v) is 11.3. The van der Waals surface area contributed by atoms with Crippen LogP contribution in [0, 0.1) is 6.92 Å². The van der Waals surface area contributed by atoms with Crippen LogP contribution in [0.25, 0.3) is 0 Å². The van der Waals surface area contributed by atoms with E-state index in [2.05, 4.69) is 6.58 Å². The maximum absolute atomic E-state index is 13.3. The van der Waals surface area contributed by atoms with Crippen molar-refractivity contribution in [2.24, 2.45) is 0 Å². The molecule has 1 heterocycles. The highest BCUT2D eigenvalue weighted by Crippen LogP contribution is 2.36. The molecule has 0 N–H and O–H groups in total. The van der Waals surface area contributed by atoms with Gasteiger partial charge >= 0.3 is 12.4 Å². The van der Waals surface area contributed by atoms with E-state index in [0.29, 0.717) is 23.7 Å². The zero-order valence-electron chi connectivity index (χ0n) is 20.3. The summed E-state index contributed by atoms with van der Waals surface area (Å²) in [6, 6.07) is 12.9. The lowest BCUT2D eigenvalue weighted by atomic mass is 10.0. The maximum atomic E-state index is 13.3. The highest BCUT2D eigenvalue weighted by Gasteiger charge is 2.38. The summed E-state index contributed by atoms with van der Waals surface area (Å²) >= 11 is 0. The third-order valence-electron chi connectivity index (χ3n) is 5.51. The van der Waals surface area contributed by atoms with Crippen LogP contribution in [-0.4, -0.2) is 34.7 Å². The molecule has 0 aliphatic carbocycles. The van der Waals surface area contributed by atoms with E-state index in [1.54, 1.807) is 49.4 Å². The minimum atomic E-state index is -5.12. The fourth-order valence-electron chi connectivity index (χ4n) is 3.69. The van der Waals surface area contributed by atoms with E-state index in [1.807, 2.05) is 0 Å². The van der Waals surface area contributed by atoms with Crippen LogP contribution in [0.1, 0.15) is 38.6 Å². The summed E-state index contributed by atoms with van der Waals surface area (Å²) in [6.45, 7) is 4.45. The van der Waals surface area contributed by atoms with E-state index >= 15 is 0 Å². The second-order valence-corrected chi connectivity index (χ2v) is 8.52. The van der Waals surface area contributed by atoms with Gasteiger partial charge in [0.15, 0.2) is 0 Å². The molecule has 38 heavy (non-hydrogen) atoms. The summed E-state index contributed by atoms with van der Waals surface area (Å²) in [7, 11) is 0. The minimum absolute atomic E-state index is 0.0273. The van der Waals surface area contributed by atoms with Crippen LogP contribution in [-0.2, 0) is 30.2 Å². The average Bonchev–Trinajstić information content (AvgIpc) is 3.26. The van der Waals surface area contributed by atoms with E-state index in [-0.39, 0.29) is 25.7 Å². The van der Waals surface area contributed by atoms with Gasteiger partial charge in [0.25, 0.3) is 5.91 Å². The number of halogens is 6. The van der Waals surface area contributed by atoms with Crippen LogP contribution in [0.4, 0.5) is 26.3 Å². The molecule has 202 valence electrons. The molecule has 0 spiro atoms. The van der Waals surface area contributed by atoms with Crippen molar-refractivity contribution in [2.45, 2.75) is 32.4 Å². The van der Waals surface area contributed by atoms with Crippen LogP contribution in [0.3, 0.4) is 0 Å². The van der Waals surface area contributed by atoms with Gasteiger partial charge in [0.1, 0.15) is 18.1 Å². The Hall–Kier alpha value is -4.02. The standard InChI is InChI=1S/C27H24F6N2O3/c1-3-11-34(25(37)20-12-21(26(28,29)30)14-22(13-20)27(31,32)33)17-24(36)35(15-19-7-5-4-6-8-19)16-23-10-9-18(2)38-23/h3-10,12-14H,1,11,15-17H2,2H3. The van der Waals surface area contributed by atoms with E-state index < -0.39 is 47.4 Å². The molecule has 2 aromatic carbocycles. The van der Waals surface area contributed by atoms with Crippen LogP contribution in [0.5, 0.6) is 0 Å². The maximum Gasteiger partial charge on any atom is 0.416 e. The number of aryl methyl sites for hydroxylation is 1. The lowest BCUT2D eigenvalue weighted by molar-refractivity contribution is -0.143. The Labute approximate surface area is 215 Å². The summed E-state index contributed by atoms with van der Waals surface area (Å²) in [6.07, 6.45) is -9.02. The monoisotopic (exact) mass is 538 g/mol. The molecule has 3 rings (SSSR count). The van der Waals surface area contributed by atoms with Gasteiger partial charge in [-0.1, -0.05) is 36.4 Å². The number of carbonyl (C=O) groups excluding carboxylic acids is 2. The third kappa shape index (κ3) is 7.50. The molecular weight excluding hydrogens is 514 g/mol. The molecule has 3 aromatic rings. The number of benzene rings is 2. The molecule has 0 saturated heterocycles. The molecule has 0 atom stereocenters. The number of carbonyl (C=O) groups is 2. The summed E-state index contributed by atoms with van der Waals surface area (Å²) in [4.78, 5) is 28.7. The number of nitrogens with zero attached hydrogens (tertiary/aromatic N) is 2. The predicted molar refractivity (Wildman–Crippen MR) is 127 cm³/mol. The Balaban J connectivity index is 1.92. The van der Waals surface area contributed by atoms with Gasteiger partial charge in [0, 0.05) is 18.7 Å². The fourth-order valence-corrected chi connectivity index (χ4v) is 3.69.